The molecule has 0 fully saturated rings. The first kappa shape index (κ1) is 13.9. The number of anilines is 1. The van der Waals surface area contributed by atoms with Crippen LogP contribution < -0.4 is 5.32 Å². The first-order valence-corrected chi connectivity index (χ1v) is 7.27. The fourth-order valence-electron chi connectivity index (χ4n) is 1.98. The summed E-state index contributed by atoms with van der Waals surface area (Å²) in [5.41, 5.74) is 2.44. The lowest BCUT2D eigenvalue weighted by molar-refractivity contribution is 0.620. The number of rotatable bonds is 4. The molecule has 3 rings (SSSR count). The van der Waals surface area contributed by atoms with Crippen molar-refractivity contribution in [2.24, 2.45) is 0 Å². The summed E-state index contributed by atoms with van der Waals surface area (Å²) < 4.78 is 13.6. The molecule has 1 N–H and O–H groups in total. The van der Waals surface area contributed by atoms with Crippen molar-refractivity contribution in [1.82, 2.24) is 15.0 Å². The Morgan fingerprint density at radius 1 is 1.10 bits per heavy atom. The van der Waals surface area contributed by atoms with Gasteiger partial charge in [-0.1, -0.05) is 6.07 Å². The van der Waals surface area contributed by atoms with Crippen molar-refractivity contribution in [3.8, 4) is 0 Å². The van der Waals surface area contributed by atoms with Crippen molar-refractivity contribution >= 4 is 32.9 Å². The number of fused-ring (bicyclic) bond motifs is 1. The summed E-state index contributed by atoms with van der Waals surface area (Å²) in [4.78, 5) is 12.7. The summed E-state index contributed by atoms with van der Waals surface area (Å²) in [5.74, 6) is 0.505. The van der Waals surface area contributed by atoms with Gasteiger partial charge in [0.15, 0.2) is 5.65 Å². The molecule has 0 aliphatic heterocycles. The summed E-state index contributed by atoms with van der Waals surface area (Å²) in [5, 5.41) is 3.23. The van der Waals surface area contributed by atoms with Crippen molar-refractivity contribution in [3.63, 3.8) is 0 Å². The highest BCUT2D eigenvalue weighted by Crippen LogP contribution is 2.17. The van der Waals surface area contributed by atoms with Crippen molar-refractivity contribution in [2.75, 3.05) is 11.9 Å². The fourth-order valence-corrected chi connectivity index (χ4v) is 2.41. The van der Waals surface area contributed by atoms with Gasteiger partial charge in [-0.05, 0) is 52.2 Å². The Kier molecular flexibility index (Phi) is 4.06. The molecule has 0 unspecified atom stereocenters. The van der Waals surface area contributed by atoms with Gasteiger partial charge in [-0.2, -0.15) is 0 Å². The quantitative estimate of drug-likeness (QED) is 0.784. The lowest BCUT2D eigenvalue weighted by Crippen LogP contribution is -2.06. The van der Waals surface area contributed by atoms with E-state index in [2.05, 4.69) is 36.2 Å². The van der Waals surface area contributed by atoms with Crippen LogP contribution in [0.5, 0.6) is 0 Å². The van der Waals surface area contributed by atoms with E-state index in [1.54, 1.807) is 24.5 Å². The summed E-state index contributed by atoms with van der Waals surface area (Å²) in [6, 6.07) is 8.78. The summed E-state index contributed by atoms with van der Waals surface area (Å²) in [7, 11) is 0. The minimum Gasteiger partial charge on any atom is -0.370 e. The predicted molar refractivity (Wildman–Crippen MR) is 83.6 cm³/mol. The second-order valence-corrected chi connectivity index (χ2v) is 5.38. The molecule has 0 aliphatic carbocycles. The van der Waals surface area contributed by atoms with Gasteiger partial charge in [0, 0.05) is 18.9 Å². The minimum absolute atomic E-state index is 0.249. The van der Waals surface area contributed by atoms with Crippen LogP contribution in [-0.4, -0.2) is 21.5 Å². The molecule has 0 atom stereocenters. The van der Waals surface area contributed by atoms with Crippen LogP contribution >= 0.6 is 15.9 Å². The topological polar surface area (TPSA) is 50.7 Å². The maximum atomic E-state index is 13.1. The van der Waals surface area contributed by atoms with Crippen LogP contribution in [0.15, 0.2) is 47.2 Å². The van der Waals surface area contributed by atoms with E-state index in [9.17, 15) is 4.39 Å². The summed E-state index contributed by atoms with van der Waals surface area (Å²) >= 11 is 3.19. The zero-order valence-corrected chi connectivity index (χ0v) is 12.6. The predicted octanol–water partition coefficient (Wildman–Crippen LogP) is 3.58. The van der Waals surface area contributed by atoms with Crippen molar-refractivity contribution < 1.29 is 4.39 Å². The van der Waals surface area contributed by atoms with Gasteiger partial charge in [-0.3, -0.25) is 4.98 Å². The number of nitrogens with one attached hydrogen (secondary N) is 1. The van der Waals surface area contributed by atoms with Gasteiger partial charge < -0.3 is 5.32 Å². The average Bonchev–Trinajstić information content (AvgIpc) is 2.51. The molecular formula is C15H12BrFN4. The van der Waals surface area contributed by atoms with Gasteiger partial charge in [-0.25, -0.2) is 14.4 Å². The third-order valence-electron chi connectivity index (χ3n) is 3.04. The number of hydrogen-bond donors (Lipinski definition) is 1. The molecule has 0 aliphatic rings. The highest BCUT2D eigenvalue weighted by atomic mass is 79.9. The molecule has 106 valence electrons. The maximum Gasteiger partial charge on any atom is 0.180 e. The second kappa shape index (κ2) is 6.13. The van der Waals surface area contributed by atoms with E-state index in [0.717, 1.165) is 23.3 Å². The molecule has 2 heterocycles. The van der Waals surface area contributed by atoms with Crippen LogP contribution in [0.25, 0.3) is 11.2 Å². The van der Waals surface area contributed by atoms with E-state index < -0.39 is 0 Å². The van der Waals surface area contributed by atoms with E-state index in [4.69, 9.17) is 0 Å². The number of hydrogen-bond acceptors (Lipinski definition) is 4. The lowest BCUT2D eigenvalue weighted by Gasteiger charge is -2.07. The highest BCUT2D eigenvalue weighted by Gasteiger charge is 2.02. The molecule has 0 amide bonds. The van der Waals surface area contributed by atoms with Crippen LogP contribution in [0.3, 0.4) is 0 Å². The number of benzene rings is 1. The molecule has 6 heteroatoms. The molecule has 21 heavy (non-hydrogen) atoms. The number of nitrogens with zero attached hydrogens (tertiary/aromatic N) is 3. The summed E-state index contributed by atoms with van der Waals surface area (Å²) in [6.45, 7) is 0.705. The smallest absolute Gasteiger partial charge is 0.180 e. The standard InChI is InChI=1S/C15H12BrFN4/c16-11-9-10(1-2-12(11)17)5-6-19-14-4-3-13-15(21-14)20-8-7-18-13/h1-4,7-9H,5-6H2,(H,19,20,21). The van der Waals surface area contributed by atoms with Gasteiger partial charge >= 0.3 is 0 Å². The first-order chi connectivity index (χ1) is 10.2. The Labute approximate surface area is 129 Å². The number of halogens is 2. The molecule has 3 aromatic rings. The fraction of sp³-hybridized carbons (Fsp3) is 0.133. The van der Waals surface area contributed by atoms with E-state index in [-0.39, 0.29) is 5.82 Å². The second-order valence-electron chi connectivity index (χ2n) is 4.52. The average molecular weight is 347 g/mol. The molecule has 0 radical (unpaired) electrons. The number of aromatic nitrogens is 3. The number of pyridine rings is 1. The van der Waals surface area contributed by atoms with Crippen LogP contribution in [-0.2, 0) is 6.42 Å². The Morgan fingerprint density at radius 2 is 1.95 bits per heavy atom. The third-order valence-corrected chi connectivity index (χ3v) is 3.64. The van der Waals surface area contributed by atoms with Gasteiger partial charge in [0.05, 0.1) is 4.47 Å². The molecule has 0 bridgehead atoms. The van der Waals surface area contributed by atoms with Crippen LogP contribution in [0, 0.1) is 5.82 Å². The monoisotopic (exact) mass is 346 g/mol. The Hall–Kier alpha value is -2.08. The zero-order chi connectivity index (χ0) is 14.7. The van der Waals surface area contributed by atoms with E-state index in [0.29, 0.717) is 16.7 Å². The molecular weight excluding hydrogens is 335 g/mol. The first-order valence-electron chi connectivity index (χ1n) is 6.48. The van der Waals surface area contributed by atoms with Crippen molar-refractivity contribution in [1.29, 1.82) is 0 Å². The Morgan fingerprint density at radius 3 is 2.81 bits per heavy atom. The minimum atomic E-state index is -0.249. The van der Waals surface area contributed by atoms with Gasteiger partial charge in [0.2, 0.25) is 0 Å². The van der Waals surface area contributed by atoms with Crippen molar-refractivity contribution in [3.05, 3.63) is 58.6 Å². The van der Waals surface area contributed by atoms with Crippen LogP contribution in [0.2, 0.25) is 0 Å². The normalized spacial score (nSPS) is 10.8. The molecule has 0 spiro atoms. The summed E-state index contributed by atoms with van der Waals surface area (Å²) in [6.07, 6.45) is 4.04. The molecule has 4 nitrogen and oxygen atoms in total. The molecule has 2 aromatic heterocycles. The highest BCUT2D eigenvalue weighted by molar-refractivity contribution is 9.10. The Balaban J connectivity index is 1.64. The van der Waals surface area contributed by atoms with Gasteiger partial charge in [0.1, 0.15) is 17.2 Å². The van der Waals surface area contributed by atoms with Crippen LogP contribution in [0.1, 0.15) is 5.56 Å². The maximum absolute atomic E-state index is 13.1. The Bertz CT molecular complexity index is 778. The largest absolute Gasteiger partial charge is 0.370 e. The van der Waals surface area contributed by atoms with Gasteiger partial charge in [0.25, 0.3) is 0 Å². The van der Waals surface area contributed by atoms with E-state index in [1.807, 2.05) is 12.1 Å². The zero-order valence-electron chi connectivity index (χ0n) is 11.1. The molecule has 0 saturated heterocycles. The molecule has 0 saturated carbocycles. The van der Waals surface area contributed by atoms with E-state index >= 15 is 0 Å². The van der Waals surface area contributed by atoms with Crippen molar-refractivity contribution in [2.45, 2.75) is 6.42 Å². The third kappa shape index (κ3) is 3.33. The van der Waals surface area contributed by atoms with Crippen LogP contribution in [0.4, 0.5) is 10.2 Å². The lowest BCUT2D eigenvalue weighted by atomic mass is 10.1. The van der Waals surface area contributed by atoms with E-state index in [1.165, 1.54) is 6.07 Å². The van der Waals surface area contributed by atoms with Gasteiger partial charge in [-0.15, -0.1) is 0 Å². The SMILES string of the molecule is Fc1ccc(CCNc2ccc3nccnc3n2)cc1Br. The molecule has 1 aromatic carbocycles.